The number of hydrogen-bond acceptors (Lipinski definition) is 4. The van der Waals surface area contributed by atoms with Gasteiger partial charge >= 0.3 is 0 Å². The lowest BCUT2D eigenvalue weighted by Crippen LogP contribution is -2.09. The zero-order valence-electron chi connectivity index (χ0n) is 9.30. The van der Waals surface area contributed by atoms with Crippen molar-refractivity contribution in [2.24, 2.45) is 0 Å². The fraction of sp³-hybridized carbons (Fsp3) is 0.308. The first kappa shape index (κ1) is 10.6. The third kappa shape index (κ3) is 2.00. The van der Waals surface area contributed by atoms with Crippen LogP contribution in [0.25, 0.3) is 0 Å². The molecule has 0 N–H and O–H groups in total. The molecule has 0 bridgehead atoms. The van der Waals surface area contributed by atoms with Crippen molar-refractivity contribution in [3.05, 3.63) is 47.3 Å². The minimum absolute atomic E-state index is 0.0427. The Balaban J connectivity index is 1.82. The SMILES string of the molecule is O=C(c1ccc(C2CCC2)cc1)c1cnsn1. The summed E-state index contributed by atoms with van der Waals surface area (Å²) < 4.78 is 7.81. The van der Waals surface area contributed by atoms with Crippen molar-refractivity contribution in [3.8, 4) is 0 Å². The van der Waals surface area contributed by atoms with E-state index in [9.17, 15) is 4.79 Å². The molecule has 3 rings (SSSR count). The van der Waals surface area contributed by atoms with E-state index in [1.807, 2.05) is 12.1 Å². The number of carbonyl (C=O) groups is 1. The number of rotatable bonds is 3. The highest BCUT2D eigenvalue weighted by atomic mass is 32.1. The van der Waals surface area contributed by atoms with E-state index in [1.165, 1.54) is 31.0 Å². The van der Waals surface area contributed by atoms with E-state index in [-0.39, 0.29) is 5.78 Å². The van der Waals surface area contributed by atoms with Crippen molar-refractivity contribution in [2.45, 2.75) is 25.2 Å². The molecule has 3 nitrogen and oxygen atoms in total. The Labute approximate surface area is 104 Å². The van der Waals surface area contributed by atoms with E-state index in [2.05, 4.69) is 20.9 Å². The fourth-order valence-corrected chi connectivity index (χ4v) is 2.47. The standard InChI is InChI=1S/C13H12N2OS/c16-13(12-8-14-17-15-12)11-6-4-10(5-7-11)9-2-1-3-9/h4-9H,1-3H2. The number of ketones is 1. The van der Waals surface area contributed by atoms with Crippen molar-refractivity contribution in [3.63, 3.8) is 0 Å². The third-order valence-electron chi connectivity index (χ3n) is 3.34. The zero-order valence-corrected chi connectivity index (χ0v) is 10.1. The van der Waals surface area contributed by atoms with Gasteiger partial charge in [0.05, 0.1) is 17.9 Å². The summed E-state index contributed by atoms with van der Waals surface area (Å²) >= 11 is 1.06. The Morgan fingerprint density at radius 2 is 2.00 bits per heavy atom. The predicted octanol–water partition coefficient (Wildman–Crippen LogP) is 3.04. The molecule has 0 amide bonds. The molecule has 0 radical (unpaired) electrons. The van der Waals surface area contributed by atoms with Gasteiger partial charge in [-0.2, -0.15) is 8.75 Å². The average molecular weight is 244 g/mol. The van der Waals surface area contributed by atoms with Gasteiger partial charge in [-0.3, -0.25) is 4.79 Å². The average Bonchev–Trinajstić information content (AvgIpc) is 2.80. The van der Waals surface area contributed by atoms with Crippen LogP contribution >= 0.6 is 11.7 Å². The van der Waals surface area contributed by atoms with Gasteiger partial charge in [0.25, 0.3) is 0 Å². The highest BCUT2D eigenvalue weighted by Crippen LogP contribution is 2.36. The lowest BCUT2D eigenvalue weighted by molar-refractivity contribution is 0.103. The van der Waals surface area contributed by atoms with Crippen LogP contribution in [0.4, 0.5) is 0 Å². The van der Waals surface area contributed by atoms with Gasteiger partial charge in [-0.25, -0.2) is 0 Å². The highest BCUT2D eigenvalue weighted by molar-refractivity contribution is 6.99. The second kappa shape index (κ2) is 4.37. The van der Waals surface area contributed by atoms with Gasteiger partial charge in [0, 0.05) is 5.56 Å². The minimum atomic E-state index is -0.0427. The number of aromatic nitrogens is 2. The van der Waals surface area contributed by atoms with Gasteiger partial charge in [-0.05, 0) is 24.3 Å². The molecule has 0 atom stereocenters. The van der Waals surface area contributed by atoms with E-state index in [1.54, 1.807) is 0 Å². The van der Waals surface area contributed by atoms with Crippen LogP contribution in [0.15, 0.2) is 30.5 Å². The van der Waals surface area contributed by atoms with Crippen molar-refractivity contribution in [1.82, 2.24) is 8.75 Å². The van der Waals surface area contributed by atoms with Crippen molar-refractivity contribution >= 4 is 17.5 Å². The van der Waals surface area contributed by atoms with Crippen LogP contribution < -0.4 is 0 Å². The summed E-state index contributed by atoms with van der Waals surface area (Å²) in [6, 6.07) is 7.93. The van der Waals surface area contributed by atoms with Gasteiger partial charge < -0.3 is 0 Å². The van der Waals surface area contributed by atoms with E-state index >= 15 is 0 Å². The number of hydrogen-bond donors (Lipinski definition) is 0. The second-order valence-corrected chi connectivity index (χ2v) is 4.93. The Morgan fingerprint density at radius 3 is 2.53 bits per heavy atom. The molecule has 4 heteroatoms. The molecular formula is C13H12N2OS. The Bertz CT molecular complexity index is 515. The molecule has 2 aromatic rings. The maximum atomic E-state index is 12.0. The summed E-state index contributed by atoms with van der Waals surface area (Å²) in [7, 11) is 0. The Kier molecular flexibility index (Phi) is 2.73. The molecular weight excluding hydrogens is 232 g/mol. The molecule has 1 saturated carbocycles. The van der Waals surface area contributed by atoms with Crippen LogP contribution in [0.2, 0.25) is 0 Å². The summed E-state index contributed by atoms with van der Waals surface area (Å²) in [5.74, 6) is 0.666. The van der Waals surface area contributed by atoms with Gasteiger partial charge in [0.15, 0.2) is 0 Å². The summed E-state index contributed by atoms with van der Waals surface area (Å²) in [6.07, 6.45) is 5.41. The fourth-order valence-electron chi connectivity index (χ4n) is 2.06. The lowest BCUT2D eigenvalue weighted by atomic mass is 9.80. The van der Waals surface area contributed by atoms with Gasteiger partial charge in [-0.15, -0.1) is 0 Å². The Morgan fingerprint density at radius 1 is 1.24 bits per heavy atom. The van der Waals surface area contributed by atoms with Gasteiger partial charge in [0.2, 0.25) is 5.78 Å². The molecule has 1 aliphatic rings. The first-order valence-electron chi connectivity index (χ1n) is 5.77. The number of benzene rings is 1. The molecule has 1 aromatic carbocycles. The highest BCUT2D eigenvalue weighted by Gasteiger charge is 2.19. The van der Waals surface area contributed by atoms with E-state index < -0.39 is 0 Å². The van der Waals surface area contributed by atoms with Crippen LogP contribution in [-0.2, 0) is 0 Å². The topological polar surface area (TPSA) is 42.9 Å². The van der Waals surface area contributed by atoms with Crippen molar-refractivity contribution < 1.29 is 4.79 Å². The van der Waals surface area contributed by atoms with E-state index in [0.29, 0.717) is 17.2 Å². The number of carbonyl (C=O) groups excluding carboxylic acids is 1. The molecule has 1 aromatic heterocycles. The maximum absolute atomic E-state index is 12.0. The summed E-state index contributed by atoms with van der Waals surface area (Å²) in [5.41, 5.74) is 2.48. The normalized spacial score (nSPS) is 15.5. The predicted molar refractivity (Wildman–Crippen MR) is 66.4 cm³/mol. The largest absolute Gasteiger partial charge is 0.287 e. The molecule has 1 aliphatic carbocycles. The summed E-state index contributed by atoms with van der Waals surface area (Å²) in [4.78, 5) is 12.0. The van der Waals surface area contributed by atoms with Crippen LogP contribution in [0.5, 0.6) is 0 Å². The molecule has 1 fully saturated rings. The molecule has 0 spiro atoms. The van der Waals surface area contributed by atoms with Gasteiger partial charge in [0.1, 0.15) is 5.69 Å². The first-order valence-corrected chi connectivity index (χ1v) is 6.50. The van der Waals surface area contributed by atoms with Gasteiger partial charge in [-0.1, -0.05) is 30.7 Å². The van der Waals surface area contributed by atoms with E-state index in [0.717, 1.165) is 11.7 Å². The molecule has 0 saturated heterocycles. The zero-order chi connectivity index (χ0) is 11.7. The summed E-state index contributed by atoms with van der Waals surface area (Å²) in [6.45, 7) is 0. The Hall–Kier alpha value is -1.55. The minimum Gasteiger partial charge on any atom is -0.287 e. The molecule has 0 aliphatic heterocycles. The summed E-state index contributed by atoms with van der Waals surface area (Å²) in [5, 5.41) is 0. The lowest BCUT2D eigenvalue weighted by Gasteiger charge is -2.25. The van der Waals surface area contributed by atoms with Crippen LogP contribution in [0.1, 0.15) is 46.8 Å². The smallest absolute Gasteiger partial charge is 0.214 e. The van der Waals surface area contributed by atoms with Crippen molar-refractivity contribution in [1.29, 1.82) is 0 Å². The molecule has 17 heavy (non-hydrogen) atoms. The van der Waals surface area contributed by atoms with Crippen LogP contribution in [0.3, 0.4) is 0 Å². The molecule has 86 valence electrons. The monoisotopic (exact) mass is 244 g/mol. The first-order chi connectivity index (χ1) is 8.34. The second-order valence-electron chi connectivity index (χ2n) is 4.37. The maximum Gasteiger partial charge on any atom is 0.214 e. The van der Waals surface area contributed by atoms with E-state index in [4.69, 9.17) is 0 Å². The van der Waals surface area contributed by atoms with Crippen molar-refractivity contribution in [2.75, 3.05) is 0 Å². The van der Waals surface area contributed by atoms with Crippen LogP contribution in [0, 0.1) is 0 Å². The molecule has 1 heterocycles. The quantitative estimate of drug-likeness (QED) is 0.779. The third-order valence-corrected chi connectivity index (χ3v) is 3.82. The van der Waals surface area contributed by atoms with Crippen LogP contribution in [-0.4, -0.2) is 14.5 Å². The number of nitrogens with zero attached hydrogens (tertiary/aromatic N) is 2. The molecule has 0 unspecified atom stereocenters.